The maximum Gasteiger partial charge on any atom is -0.0206 e. The van der Waals surface area contributed by atoms with Crippen molar-refractivity contribution in [3.8, 4) is 0 Å². The zero-order valence-electron chi connectivity index (χ0n) is 19.8. The first-order valence-electron chi connectivity index (χ1n) is 11.7. The Balaban J connectivity index is 2.75. The molecule has 1 aliphatic rings. The topological polar surface area (TPSA) is 0 Å². The van der Waals surface area contributed by atoms with Gasteiger partial charge < -0.3 is 0 Å². The van der Waals surface area contributed by atoms with Crippen LogP contribution in [0, 0.1) is 34.5 Å². The highest BCUT2D eigenvalue weighted by Crippen LogP contribution is 2.47. The molecule has 0 aromatic carbocycles. The number of rotatable bonds is 11. The average molecular weight is 363 g/mol. The first-order chi connectivity index (χ1) is 12.0. The van der Waals surface area contributed by atoms with Crippen molar-refractivity contribution in [2.75, 3.05) is 0 Å². The van der Waals surface area contributed by atoms with E-state index in [-0.39, 0.29) is 0 Å². The van der Waals surface area contributed by atoms with Crippen LogP contribution in [-0.2, 0) is 0 Å². The molecule has 3 unspecified atom stereocenters. The van der Waals surface area contributed by atoms with Gasteiger partial charge in [0.2, 0.25) is 0 Å². The summed E-state index contributed by atoms with van der Waals surface area (Å²) in [5.41, 5.74) is 2.55. The molecule has 1 rings (SSSR count). The normalized spacial score (nSPS) is 20.6. The first kappa shape index (κ1) is 23.8. The highest BCUT2D eigenvalue weighted by Gasteiger charge is 2.37. The lowest BCUT2D eigenvalue weighted by Gasteiger charge is -2.44. The van der Waals surface area contributed by atoms with E-state index < -0.39 is 0 Å². The summed E-state index contributed by atoms with van der Waals surface area (Å²) < 4.78 is 0. The van der Waals surface area contributed by atoms with Crippen molar-refractivity contribution < 1.29 is 0 Å². The van der Waals surface area contributed by atoms with Gasteiger partial charge in [-0.1, -0.05) is 92.7 Å². The lowest BCUT2D eigenvalue weighted by molar-refractivity contribution is 0.0718. The predicted octanol–water partition coefficient (Wildman–Crippen LogP) is 9.05. The molecule has 0 heteroatoms. The molecule has 1 aliphatic carbocycles. The molecule has 0 aromatic rings. The molecule has 0 amide bonds. The maximum atomic E-state index is 2.56. The number of hydrogen-bond donors (Lipinski definition) is 0. The fourth-order valence-electron chi connectivity index (χ4n) is 4.94. The zero-order chi connectivity index (χ0) is 20.0. The van der Waals surface area contributed by atoms with E-state index in [1.165, 1.54) is 57.8 Å². The van der Waals surface area contributed by atoms with Gasteiger partial charge in [-0.15, -0.1) is 0 Å². The third-order valence-corrected chi connectivity index (χ3v) is 7.34. The second kappa shape index (κ2) is 10.3. The van der Waals surface area contributed by atoms with Crippen LogP contribution in [0.2, 0.25) is 0 Å². The van der Waals surface area contributed by atoms with Crippen molar-refractivity contribution in [1.82, 2.24) is 0 Å². The van der Waals surface area contributed by atoms with Gasteiger partial charge in [-0.2, -0.15) is 0 Å². The van der Waals surface area contributed by atoms with E-state index >= 15 is 0 Å². The highest BCUT2D eigenvalue weighted by atomic mass is 14.4. The van der Waals surface area contributed by atoms with Crippen molar-refractivity contribution >= 4 is 0 Å². The zero-order valence-corrected chi connectivity index (χ0v) is 19.8. The lowest BCUT2D eigenvalue weighted by Crippen LogP contribution is -2.33. The van der Waals surface area contributed by atoms with E-state index in [0.29, 0.717) is 10.8 Å². The van der Waals surface area contributed by atoms with Crippen molar-refractivity contribution in [3.63, 3.8) is 0 Å². The lowest BCUT2D eigenvalue weighted by atomic mass is 9.62. The van der Waals surface area contributed by atoms with E-state index in [1.807, 2.05) is 0 Å². The molecular weight excluding hydrogens is 312 g/mol. The first-order valence-corrected chi connectivity index (χ1v) is 11.7. The Morgan fingerprint density at radius 3 is 2.08 bits per heavy atom. The van der Waals surface area contributed by atoms with Gasteiger partial charge in [-0.05, 0) is 73.5 Å². The van der Waals surface area contributed by atoms with Crippen molar-refractivity contribution in [2.45, 2.75) is 120 Å². The average Bonchev–Trinajstić information content (AvgIpc) is 2.45. The highest BCUT2D eigenvalue weighted by molar-refractivity contribution is 5.04. The molecule has 0 radical (unpaired) electrons. The minimum absolute atomic E-state index is 0.448. The van der Waals surface area contributed by atoms with Gasteiger partial charge in [0.1, 0.15) is 0 Å². The van der Waals surface area contributed by atoms with Crippen molar-refractivity contribution in [1.29, 1.82) is 0 Å². The Kier molecular flexibility index (Phi) is 9.45. The standard InChI is InChI=1S/C26H50/c1-10-12-14-20(3)22(11-2)17-21(4)26(8,9)19-24(18-25(5,6)7)23-15-13-16-23/h14,21-24H,10-13,15-19H2,1-9H3/b20-14+. The van der Waals surface area contributed by atoms with Crippen LogP contribution in [0.1, 0.15) is 120 Å². The number of hydrogen-bond acceptors (Lipinski definition) is 0. The van der Waals surface area contributed by atoms with Crippen LogP contribution in [0.25, 0.3) is 0 Å². The molecule has 0 heterocycles. The number of unbranched alkanes of at least 4 members (excludes halogenated alkanes) is 1. The van der Waals surface area contributed by atoms with Crippen molar-refractivity contribution in [3.05, 3.63) is 11.6 Å². The summed E-state index contributed by atoms with van der Waals surface area (Å²) >= 11 is 0. The summed E-state index contributed by atoms with van der Waals surface area (Å²) in [7, 11) is 0. The fraction of sp³-hybridized carbons (Fsp3) is 0.923. The molecule has 0 aromatic heterocycles. The van der Waals surface area contributed by atoms with Crippen LogP contribution in [0.4, 0.5) is 0 Å². The van der Waals surface area contributed by atoms with Crippen LogP contribution < -0.4 is 0 Å². The molecule has 0 saturated heterocycles. The quantitative estimate of drug-likeness (QED) is 0.321. The van der Waals surface area contributed by atoms with Gasteiger partial charge in [-0.3, -0.25) is 0 Å². The van der Waals surface area contributed by atoms with E-state index in [9.17, 15) is 0 Å². The van der Waals surface area contributed by atoms with E-state index in [1.54, 1.807) is 5.57 Å². The second-order valence-electron chi connectivity index (χ2n) is 11.4. The molecule has 1 fully saturated rings. The molecule has 0 spiro atoms. The van der Waals surface area contributed by atoms with Crippen LogP contribution in [0.5, 0.6) is 0 Å². The van der Waals surface area contributed by atoms with Gasteiger partial charge in [0.15, 0.2) is 0 Å². The Morgan fingerprint density at radius 1 is 1.04 bits per heavy atom. The van der Waals surface area contributed by atoms with Crippen LogP contribution in [-0.4, -0.2) is 0 Å². The SMILES string of the molecule is CCC/C=C(\C)C(CC)CC(C)C(C)(C)CC(CC(C)(C)C)C1CCC1. The van der Waals surface area contributed by atoms with E-state index in [0.717, 1.165) is 23.7 Å². The van der Waals surface area contributed by atoms with E-state index in [4.69, 9.17) is 0 Å². The summed E-state index contributed by atoms with van der Waals surface area (Å²) in [6, 6.07) is 0. The predicted molar refractivity (Wildman–Crippen MR) is 120 cm³/mol. The van der Waals surface area contributed by atoms with Crippen molar-refractivity contribution in [2.24, 2.45) is 34.5 Å². The maximum absolute atomic E-state index is 2.56. The molecule has 3 atom stereocenters. The third kappa shape index (κ3) is 7.77. The smallest absolute Gasteiger partial charge is 0.0206 e. The molecule has 0 N–H and O–H groups in total. The molecule has 154 valence electrons. The summed E-state index contributed by atoms with van der Waals surface area (Å²) in [6.45, 7) is 22.0. The molecule has 0 bridgehead atoms. The van der Waals surface area contributed by atoms with E-state index in [2.05, 4.69) is 68.4 Å². The molecule has 1 saturated carbocycles. The minimum atomic E-state index is 0.448. The van der Waals surface area contributed by atoms with Gasteiger partial charge in [0.05, 0.1) is 0 Å². The minimum Gasteiger partial charge on any atom is -0.0853 e. The van der Waals surface area contributed by atoms with Gasteiger partial charge in [0.25, 0.3) is 0 Å². The summed E-state index contributed by atoms with van der Waals surface area (Å²) in [6.07, 6.45) is 14.9. The molecule has 0 aliphatic heterocycles. The number of allylic oxidation sites excluding steroid dienone is 2. The van der Waals surface area contributed by atoms with Gasteiger partial charge in [-0.25, -0.2) is 0 Å². The molecule has 26 heavy (non-hydrogen) atoms. The monoisotopic (exact) mass is 362 g/mol. The summed E-state index contributed by atoms with van der Waals surface area (Å²) in [5.74, 6) is 3.51. The van der Waals surface area contributed by atoms with Gasteiger partial charge in [0, 0.05) is 0 Å². The largest absolute Gasteiger partial charge is 0.0853 e. The van der Waals surface area contributed by atoms with Gasteiger partial charge >= 0.3 is 0 Å². The second-order valence-corrected chi connectivity index (χ2v) is 11.4. The Labute approximate surface area is 166 Å². The molecule has 0 nitrogen and oxygen atoms in total. The summed E-state index contributed by atoms with van der Waals surface area (Å²) in [4.78, 5) is 0. The summed E-state index contributed by atoms with van der Waals surface area (Å²) in [5, 5.41) is 0. The third-order valence-electron chi connectivity index (χ3n) is 7.34. The Hall–Kier alpha value is -0.260. The Bertz CT molecular complexity index is 416. The fourth-order valence-corrected chi connectivity index (χ4v) is 4.94. The Morgan fingerprint density at radius 2 is 1.65 bits per heavy atom. The van der Waals surface area contributed by atoms with Crippen LogP contribution in [0.15, 0.2) is 11.6 Å². The van der Waals surface area contributed by atoms with Crippen LogP contribution >= 0.6 is 0 Å². The van der Waals surface area contributed by atoms with Crippen LogP contribution in [0.3, 0.4) is 0 Å². The molecular formula is C26H50.